The van der Waals surface area contributed by atoms with Gasteiger partial charge in [-0.25, -0.2) is 0 Å². The molecular formula is C39H61N5O4. The maximum absolute atomic E-state index is 13.5. The predicted octanol–water partition coefficient (Wildman–Crippen LogP) is 7.04. The molecule has 3 saturated carbocycles. The summed E-state index contributed by atoms with van der Waals surface area (Å²) in [6, 6.07) is 2.11. The molecule has 0 spiro atoms. The van der Waals surface area contributed by atoms with Gasteiger partial charge in [0.1, 0.15) is 12.4 Å². The molecule has 5 aliphatic rings. The highest BCUT2D eigenvalue weighted by Crippen LogP contribution is 2.75. The van der Waals surface area contributed by atoms with E-state index in [-0.39, 0.29) is 46.1 Å². The molecule has 12 atom stereocenters. The molecule has 0 amide bonds. The summed E-state index contributed by atoms with van der Waals surface area (Å²) < 4.78 is 15.8. The summed E-state index contributed by atoms with van der Waals surface area (Å²) in [6.07, 6.45) is 9.32. The lowest BCUT2D eigenvalue weighted by atomic mass is 9.34. The largest absolute Gasteiger partial charge is 0.481 e. The molecule has 4 fully saturated rings. The first-order valence-electron chi connectivity index (χ1n) is 18.6. The number of aromatic nitrogens is 3. The first kappa shape index (κ1) is 35.5. The molecule has 9 nitrogen and oxygen atoms in total. The number of ether oxygens (including phenoxy) is 2. The van der Waals surface area contributed by atoms with E-state index in [4.69, 9.17) is 15.2 Å². The van der Waals surface area contributed by atoms with Crippen molar-refractivity contribution < 1.29 is 19.4 Å². The Kier molecular flexibility index (Phi) is 8.61. The van der Waals surface area contributed by atoms with Gasteiger partial charge in [0.2, 0.25) is 5.82 Å². The van der Waals surface area contributed by atoms with Gasteiger partial charge in [-0.1, -0.05) is 74.0 Å². The van der Waals surface area contributed by atoms with E-state index in [1.165, 1.54) is 5.57 Å². The summed E-state index contributed by atoms with van der Waals surface area (Å²) in [7, 11) is 0. The van der Waals surface area contributed by atoms with Crippen LogP contribution in [0.3, 0.4) is 0 Å². The highest BCUT2D eigenvalue weighted by molar-refractivity contribution is 5.73. The highest BCUT2D eigenvalue weighted by atomic mass is 16.5. The Balaban J connectivity index is 1.53. The topological polar surface area (TPSA) is 136 Å². The fraction of sp³-hybridized carbons (Fsp3) is 0.846. The smallest absolute Gasteiger partial charge is 0.307 e. The molecule has 1 aromatic rings. The number of nitrogens with two attached hydrogens (primary N) is 1. The van der Waals surface area contributed by atoms with E-state index >= 15 is 0 Å². The van der Waals surface area contributed by atoms with Crippen LogP contribution in [0.15, 0.2) is 18.0 Å². The standard InChI is InChI=1S/C39H61N5O4/c1-23(2)25(5)35(7)15-16-36(8)26-11-12-29-34(6)17-28(44-22-42-43-30(44)18-40)32(48-20-38(10,41)24(3)4)39(29,21-47-19-34)27(26)13-14-37(36,9)31(35)33(45)46/h13,22-26,28-29,31-32H,11-12,14-17,19-21,41H2,1-10H3,(H,45,46)/t25-,26+,28-,29-,31-,32+,34-,35-,36-,37+,38+,39+/m1/s1. The van der Waals surface area contributed by atoms with Crippen LogP contribution in [-0.2, 0) is 14.3 Å². The van der Waals surface area contributed by atoms with Crippen LogP contribution >= 0.6 is 0 Å². The fourth-order valence-corrected chi connectivity index (χ4v) is 12.1. The number of hydrogen-bond donors (Lipinski definition) is 2. The van der Waals surface area contributed by atoms with Gasteiger partial charge in [0.15, 0.2) is 0 Å². The highest BCUT2D eigenvalue weighted by Gasteiger charge is 2.72. The molecule has 0 unspecified atom stereocenters. The Morgan fingerprint density at radius 3 is 2.50 bits per heavy atom. The SMILES string of the molecule is CC(C)[C@@H](C)[C@@]1(C)CC[C@]2(C)[C@H]3CC[C@@H]4[C@@]5(C)COC[C@@]4(C3=CC[C@@]2(C)[C@@H]1C(=O)O)[C@@H](OC[C@](C)(N)C(C)C)[C@H](n1cnnc1C#N)C5. The molecule has 1 aliphatic heterocycles. The van der Waals surface area contributed by atoms with Crippen molar-refractivity contribution >= 4 is 5.97 Å². The summed E-state index contributed by atoms with van der Waals surface area (Å²) >= 11 is 0. The van der Waals surface area contributed by atoms with Gasteiger partial charge < -0.3 is 20.3 Å². The molecular weight excluding hydrogens is 602 g/mol. The van der Waals surface area contributed by atoms with Crippen molar-refractivity contribution in [3.63, 3.8) is 0 Å². The third-order valence-electron chi connectivity index (χ3n) is 15.9. The number of carboxylic acids is 1. The van der Waals surface area contributed by atoms with E-state index in [9.17, 15) is 15.2 Å². The number of rotatable bonds is 8. The first-order chi connectivity index (χ1) is 22.3. The Bertz CT molecular complexity index is 1490. The van der Waals surface area contributed by atoms with Gasteiger partial charge >= 0.3 is 5.97 Å². The molecule has 3 N–H and O–H groups in total. The second kappa shape index (κ2) is 11.6. The lowest BCUT2D eigenvalue weighted by Crippen LogP contribution is -2.70. The van der Waals surface area contributed by atoms with Crippen LogP contribution in [0.5, 0.6) is 0 Å². The predicted molar refractivity (Wildman–Crippen MR) is 185 cm³/mol. The van der Waals surface area contributed by atoms with E-state index < -0.39 is 28.3 Å². The van der Waals surface area contributed by atoms with Gasteiger partial charge in [-0.2, -0.15) is 5.26 Å². The summed E-state index contributed by atoms with van der Waals surface area (Å²) in [5, 5.41) is 29.6. The number of nitrogens with zero attached hydrogens (tertiary/aromatic N) is 4. The molecule has 0 radical (unpaired) electrons. The molecule has 6 rings (SSSR count). The van der Waals surface area contributed by atoms with Crippen LogP contribution in [0.4, 0.5) is 0 Å². The van der Waals surface area contributed by atoms with Gasteiger partial charge in [0, 0.05) is 11.0 Å². The van der Waals surface area contributed by atoms with Gasteiger partial charge in [-0.15, -0.1) is 10.2 Å². The molecule has 1 saturated heterocycles. The number of aliphatic carboxylic acids is 1. The van der Waals surface area contributed by atoms with Crippen molar-refractivity contribution in [1.29, 1.82) is 5.26 Å². The van der Waals surface area contributed by atoms with Gasteiger partial charge in [0.25, 0.3) is 0 Å². The second-order valence-electron chi connectivity index (χ2n) is 18.7. The monoisotopic (exact) mass is 663 g/mol. The van der Waals surface area contributed by atoms with Crippen LogP contribution < -0.4 is 5.73 Å². The summed E-state index contributed by atoms with van der Waals surface area (Å²) in [4.78, 5) is 13.5. The minimum atomic E-state index is -0.651. The first-order valence-corrected chi connectivity index (χ1v) is 18.6. The van der Waals surface area contributed by atoms with E-state index in [0.29, 0.717) is 43.9 Å². The quantitative estimate of drug-likeness (QED) is 0.283. The number of hydrogen-bond acceptors (Lipinski definition) is 7. The Morgan fingerprint density at radius 2 is 1.88 bits per heavy atom. The Labute approximate surface area is 288 Å². The van der Waals surface area contributed by atoms with Crippen LogP contribution in [0.25, 0.3) is 0 Å². The minimum absolute atomic E-state index is 0.140. The van der Waals surface area contributed by atoms with Gasteiger partial charge in [0.05, 0.1) is 37.9 Å². The molecule has 2 bridgehead atoms. The average molecular weight is 664 g/mol. The number of carbonyl (C=O) groups is 1. The van der Waals surface area contributed by atoms with E-state index in [2.05, 4.69) is 91.6 Å². The Morgan fingerprint density at radius 1 is 1.17 bits per heavy atom. The number of allylic oxidation sites excluding steroid dienone is 1. The third kappa shape index (κ3) is 4.74. The molecule has 4 aliphatic carbocycles. The lowest BCUT2D eigenvalue weighted by molar-refractivity contribution is -0.253. The summed E-state index contributed by atoms with van der Waals surface area (Å²) in [5.74, 6) is 0.613. The van der Waals surface area contributed by atoms with Crippen LogP contribution in [0, 0.1) is 73.9 Å². The summed E-state index contributed by atoms with van der Waals surface area (Å²) in [6.45, 7) is 24.0. The van der Waals surface area contributed by atoms with Crippen LogP contribution in [0.1, 0.15) is 120 Å². The van der Waals surface area contributed by atoms with Crippen LogP contribution in [-0.4, -0.2) is 57.3 Å². The fourth-order valence-electron chi connectivity index (χ4n) is 12.1. The molecule has 48 heavy (non-hydrogen) atoms. The van der Waals surface area contributed by atoms with Gasteiger partial charge in [-0.3, -0.25) is 9.36 Å². The van der Waals surface area contributed by atoms with Crippen molar-refractivity contribution in [3.8, 4) is 6.07 Å². The number of fused-ring (bicyclic) bond motifs is 3. The van der Waals surface area contributed by atoms with Gasteiger partial charge in [-0.05, 0) is 96.7 Å². The maximum atomic E-state index is 13.5. The van der Waals surface area contributed by atoms with Crippen molar-refractivity contribution in [2.45, 2.75) is 125 Å². The van der Waals surface area contributed by atoms with Crippen molar-refractivity contribution in [2.75, 3.05) is 19.8 Å². The average Bonchev–Trinajstić information content (AvgIpc) is 3.49. The van der Waals surface area contributed by atoms with Crippen molar-refractivity contribution in [3.05, 3.63) is 23.8 Å². The van der Waals surface area contributed by atoms with E-state index in [1.54, 1.807) is 6.33 Å². The zero-order chi connectivity index (χ0) is 35.2. The number of carboxylic acid groups (broad SMARTS) is 1. The van der Waals surface area contributed by atoms with E-state index in [0.717, 1.165) is 32.1 Å². The van der Waals surface area contributed by atoms with Crippen LogP contribution in [0.2, 0.25) is 0 Å². The Hall–Kier alpha value is -2.28. The molecule has 266 valence electrons. The lowest BCUT2D eigenvalue weighted by Gasteiger charge is -2.71. The summed E-state index contributed by atoms with van der Waals surface area (Å²) in [5.41, 5.74) is 6.22. The molecule has 1 aromatic heterocycles. The third-order valence-corrected chi connectivity index (χ3v) is 15.9. The molecule has 2 heterocycles. The second-order valence-corrected chi connectivity index (χ2v) is 18.7. The zero-order valence-corrected chi connectivity index (χ0v) is 31.2. The van der Waals surface area contributed by atoms with Crippen molar-refractivity contribution in [1.82, 2.24) is 14.8 Å². The zero-order valence-electron chi connectivity index (χ0n) is 31.2. The number of nitriles is 1. The molecule has 0 aromatic carbocycles. The van der Waals surface area contributed by atoms with Crippen molar-refractivity contribution in [2.24, 2.45) is 68.3 Å². The van der Waals surface area contributed by atoms with E-state index in [1.807, 2.05) is 4.57 Å². The normalized spacial score (nSPS) is 44.1. The minimum Gasteiger partial charge on any atom is -0.481 e. The maximum Gasteiger partial charge on any atom is 0.307 e. The molecule has 9 heteroatoms.